The van der Waals surface area contributed by atoms with Crippen molar-refractivity contribution >= 4 is 5.97 Å². The first kappa shape index (κ1) is 16.6. The fraction of sp³-hybridized carbons (Fsp3) is 0.769. The topological polar surface area (TPSA) is 82.7 Å². The average molecular weight is 284 g/mol. The van der Waals surface area contributed by atoms with Crippen molar-refractivity contribution in [1.82, 2.24) is 19.9 Å². The summed E-state index contributed by atoms with van der Waals surface area (Å²) in [5, 5.41) is 12.8. The molecule has 0 saturated heterocycles. The Bertz CT molecular complexity index is 418. The molecule has 1 aromatic heterocycles. The van der Waals surface area contributed by atoms with E-state index in [1.165, 1.54) is 0 Å². The molecular weight excluding hydrogens is 260 g/mol. The van der Waals surface area contributed by atoms with Gasteiger partial charge in [0.1, 0.15) is 0 Å². The van der Waals surface area contributed by atoms with Crippen LogP contribution in [0.1, 0.15) is 25.6 Å². The quantitative estimate of drug-likeness (QED) is 0.715. The Hall–Kier alpha value is -1.47. The lowest BCUT2D eigenvalue weighted by Gasteiger charge is -2.20. The first-order valence-corrected chi connectivity index (χ1v) is 6.77. The summed E-state index contributed by atoms with van der Waals surface area (Å²) < 4.78 is 5.16. The number of hydrogen-bond donors (Lipinski definition) is 1. The highest BCUT2D eigenvalue weighted by atomic mass is 16.5. The summed E-state index contributed by atoms with van der Waals surface area (Å²) in [5.41, 5.74) is 0. The van der Waals surface area contributed by atoms with Crippen LogP contribution in [0.4, 0.5) is 0 Å². The zero-order valence-electron chi connectivity index (χ0n) is 12.7. The lowest BCUT2D eigenvalue weighted by atomic mass is 10.1. The number of likely N-dealkylation sites (N-methyl/N-ethyl adjacent to an activating group) is 1. The highest BCUT2D eigenvalue weighted by Crippen LogP contribution is 2.07. The van der Waals surface area contributed by atoms with Crippen molar-refractivity contribution in [2.24, 2.45) is 5.92 Å². The summed E-state index contributed by atoms with van der Waals surface area (Å²) in [5.74, 6) is 0.750. The molecule has 1 heterocycles. The molecule has 0 aliphatic heterocycles. The third-order valence-corrected chi connectivity index (χ3v) is 2.68. The minimum absolute atomic E-state index is 0.0259. The molecule has 0 fully saturated rings. The van der Waals surface area contributed by atoms with Crippen LogP contribution in [0.25, 0.3) is 0 Å². The first-order valence-electron chi connectivity index (χ1n) is 6.77. The second-order valence-corrected chi connectivity index (χ2v) is 5.61. The van der Waals surface area contributed by atoms with Crippen LogP contribution in [0, 0.1) is 5.92 Å². The van der Waals surface area contributed by atoms with E-state index in [2.05, 4.69) is 24.0 Å². The largest absolute Gasteiger partial charge is 0.480 e. The van der Waals surface area contributed by atoms with Crippen molar-refractivity contribution in [1.29, 1.82) is 0 Å². The Morgan fingerprint density at radius 2 is 2.05 bits per heavy atom. The van der Waals surface area contributed by atoms with E-state index in [1.54, 1.807) is 4.90 Å². The van der Waals surface area contributed by atoms with Gasteiger partial charge in [-0.3, -0.25) is 9.69 Å². The molecule has 0 aliphatic carbocycles. The Kier molecular flexibility index (Phi) is 6.60. The van der Waals surface area contributed by atoms with Crippen molar-refractivity contribution in [2.75, 3.05) is 33.7 Å². The molecule has 7 heteroatoms. The van der Waals surface area contributed by atoms with Gasteiger partial charge in [-0.15, -0.1) is 0 Å². The highest BCUT2D eigenvalue weighted by Gasteiger charge is 2.15. The summed E-state index contributed by atoms with van der Waals surface area (Å²) in [6.07, 6.45) is 0.740. The molecule has 1 rings (SSSR count). The number of aromatic nitrogens is 2. The van der Waals surface area contributed by atoms with Crippen molar-refractivity contribution in [3.05, 3.63) is 11.7 Å². The van der Waals surface area contributed by atoms with E-state index in [4.69, 9.17) is 9.63 Å². The van der Waals surface area contributed by atoms with E-state index in [0.29, 0.717) is 30.7 Å². The van der Waals surface area contributed by atoms with Gasteiger partial charge in [0.2, 0.25) is 5.89 Å². The van der Waals surface area contributed by atoms with Gasteiger partial charge in [0, 0.05) is 19.5 Å². The normalized spacial score (nSPS) is 11.8. The van der Waals surface area contributed by atoms with Crippen LogP contribution in [0.15, 0.2) is 4.52 Å². The zero-order valence-corrected chi connectivity index (χ0v) is 12.7. The number of rotatable bonds is 9. The number of nitrogens with zero attached hydrogens (tertiary/aromatic N) is 4. The molecule has 20 heavy (non-hydrogen) atoms. The van der Waals surface area contributed by atoms with E-state index in [-0.39, 0.29) is 6.54 Å². The maximum Gasteiger partial charge on any atom is 0.317 e. The Labute approximate surface area is 119 Å². The lowest BCUT2D eigenvalue weighted by Crippen LogP contribution is -2.35. The van der Waals surface area contributed by atoms with Gasteiger partial charge in [-0.05, 0) is 20.0 Å². The van der Waals surface area contributed by atoms with E-state index in [0.717, 1.165) is 13.0 Å². The van der Waals surface area contributed by atoms with Crippen LogP contribution in [-0.4, -0.2) is 64.7 Å². The fourth-order valence-electron chi connectivity index (χ4n) is 1.73. The second kappa shape index (κ2) is 7.96. The van der Waals surface area contributed by atoms with Crippen molar-refractivity contribution < 1.29 is 14.4 Å². The molecule has 1 aromatic rings. The van der Waals surface area contributed by atoms with Gasteiger partial charge in [0.05, 0.1) is 13.1 Å². The molecular formula is C13H24N4O3. The van der Waals surface area contributed by atoms with Crippen LogP contribution < -0.4 is 0 Å². The van der Waals surface area contributed by atoms with E-state index >= 15 is 0 Å². The predicted octanol–water partition coefficient (Wildman–Crippen LogP) is 0.716. The van der Waals surface area contributed by atoms with Crippen LogP contribution in [0.3, 0.4) is 0 Å². The van der Waals surface area contributed by atoms with Gasteiger partial charge in [-0.1, -0.05) is 19.0 Å². The van der Waals surface area contributed by atoms with Crippen molar-refractivity contribution in [3.63, 3.8) is 0 Å². The maximum absolute atomic E-state index is 10.9. The first-order chi connectivity index (χ1) is 9.36. The third-order valence-electron chi connectivity index (χ3n) is 2.68. The number of aliphatic carboxylic acids is 1. The molecule has 0 aliphatic rings. The van der Waals surface area contributed by atoms with Crippen LogP contribution in [0.5, 0.6) is 0 Å². The number of carbonyl (C=O) groups is 1. The van der Waals surface area contributed by atoms with Gasteiger partial charge < -0.3 is 14.5 Å². The predicted molar refractivity (Wildman–Crippen MR) is 74.3 cm³/mol. The summed E-state index contributed by atoms with van der Waals surface area (Å²) in [4.78, 5) is 19.0. The van der Waals surface area contributed by atoms with E-state index < -0.39 is 5.97 Å². The number of hydrogen-bond acceptors (Lipinski definition) is 6. The summed E-state index contributed by atoms with van der Waals surface area (Å²) in [7, 11) is 3.90. The highest BCUT2D eigenvalue weighted by molar-refractivity contribution is 5.69. The Balaban J connectivity index is 2.58. The molecule has 0 atom stereocenters. The monoisotopic (exact) mass is 284 g/mol. The molecule has 0 unspecified atom stereocenters. The summed E-state index contributed by atoms with van der Waals surface area (Å²) in [6, 6.07) is 0. The lowest BCUT2D eigenvalue weighted by molar-refractivity contribution is -0.138. The molecule has 0 radical (unpaired) electrons. The molecule has 0 amide bonds. The molecule has 0 spiro atoms. The van der Waals surface area contributed by atoms with Crippen LogP contribution in [-0.2, 0) is 17.8 Å². The third kappa shape index (κ3) is 6.63. The Morgan fingerprint density at radius 1 is 1.35 bits per heavy atom. The minimum atomic E-state index is -0.852. The van der Waals surface area contributed by atoms with Gasteiger partial charge in [-0.25, -0.2) is 0 Å². The Morgan fingerprint density at radius 3 is 2.60 bits per heavy atom. The summed E-state index contributed by atoms with van der Waals surface area (Å²) in [6.45, 7) is 5.95. The van der Waals surface area contributed by atoms with Gasteiger partial charge in [0.25, 0.3) is 0 Å². The van der Waals surface area contributed by atoms with Gasteiger partial charge in [0.15, 0.2) is 5.82 Å². The standard InChI is InChI=1S/C13H24N4O3/c1-10(2)7-12-14-11(15-20-12)8-17(9-13(18)19)6-5-16(3)4/h10H,5-9H2,1-4H3,(H,18,19). The van der Waals surface area contributed by atoms with Crippen molar-refractivity contribution in [3.8, 4) is 0 Å². The fourth-order valence-corrected chi connectivity index (χ4v) is 1.73. The van der Waals surface area contributed by atoms with Crippen LogP contribution >= 0.6 is 0 Å². The molecule has 0 saturated carbocycles. The number of carboxylic acids is 1. The van der Waals surface area contributed by atoms with E-state index in [9.17, 15) is 4.79 Å². The minimum Gasteiger partial charge on any atom is -0.480 e. The molecule has 0 bridgehead atoms. The maximum atomic E-state index is 10.9. The second-order valence-electron chi connectivity index (χ2n) is 5.61. The average Bonchev–Trinajstić information content (AvgIpc) is 2.71. The SMILES string of the molecule is CC(C)Cc1nc(CN(CCN(C)C)CC(=O)O)no1. The molecule has 7 nitrogen and oxygen atoms in total. The smallest absolute Gasteiger partial charge is 0.317 e. The molecule has 1 N–H and O–H groups in total. The number of carboxylic acid groups (broad SMARTS) is 1. The zero-order chi connectivity index (χ0) is 15.1. The molecule has 0 aromatic carbocycles. The van der Waals surface area contributed by atoms with E-state index in [1.807, 2.05) is 19.0 Å². The van der Waals surface area contributed by atoms with Gasteiger partial charge >= 0.3 is 5.97 Å². The van der Waals surface area contributed by atoms with Gasteiger partial charge in [-0.2, -0.15) is 4.98 Å². The summed E-state index contributed by atoms with van der Waals surface area (Å²) >= 11 is 0. The van der Waals surface area contributed by atoms with Crippen molar-refractivity contribution in [2.45, 2.75) is 26.8 Å². The van der Waals surface area contributed by atoms with Crippen LogP contribution in [0.2, 0.25) is 0 Å². The molecule has 114 valence electrons.